The molecular formula is C17H16Cl2N2O2. The van der Waals surface area contributed by atoms with Crippen molar-refractivity contribution in [2.45, 2.75) is 13.0 Å². The number of carbonyl (C=O) groups excluding carboxylic acids is 2. The highest BCUT2D eigenvalue weighted by molar-refractivity contribution is 6.33. The van der Waals surface area contributed by atoms with Gasteiger partial charge in [0, 0.05) is 5.02 Å². The number of amides is 2. The molecule has 120 valence electrons. The molecule has 6 heteroatoms. The second-order valence-electron chi connectivity index (χ2n) is 5.01. The number of hydrogen-bond donors (Lipinski definition) is 2. The van der Waals surface area contributed by atoms with Gasteiger partial charge in [0.25, 0.3) is 5.91 Å². The van der Waals surface area contributed by atoms with Crippen LogP contribution >= 0.6 is 23.2 Å². The fourth-order valence-corrected chi connectivity index (χ4v) is 2.47. The Labute approximate surface area is 144 Å². The maximum Gasteiger partial charge on any atom is 0.253 e. The SMILES string of the molecule is CC(NC(=O)CNC(=O)c1ccccc1Cl)c1cccc(Cl)c1. The first-order chi connectivity index (χ1) is 11.0. The summed E-state index contributed by atoms with van der Waals surface area (Å²) in [6.45, 7) is 1.72. The van der Waals surface area contributed by atoms with Crippen LogP contribution in [0.15, 0.2) is 48.5 Å². The number of hydrogen-bond acceptors (Lipinski definition) is 2. The summed E-state index contributed by atoms with van der Waals surface area (Å²) in [5, 5.41) is 6.30. The van der Waals surface area contributed by atoms with Crippen molar-refractivity contribution in [3.8, 4) is 0 Å². The average molecular weight is 351 g/mol. The molecule has 1 unspecified atom stereocenters. The normalized spacial score (nSPS) is 11.6. The quantitative estimate of drug-likeness (QED) is 0.865. The summed E-state index contributed by atoms with van der Waals surface area (Å²) in [4.78, 5) is 23.9. The number of benzene rings is 2. The lowest BCUT2D eigenvalue weighted by atomic mass is 10.1. The predicted molar refractivity (Wildman–Crippen MR) is 91.8 cm³/mol. The largest absolute Gasteiger partial charge is 0.348 e. The van der Waals surface area contributed by atoms with E-state index in [2.05, 4.69) is 10.6 Å². The molecule has 0 aliphatic heterocycles. The first-order valence-corrected chi connectivity index (χ1v) is 7.80. The molecule has 1 atom stereocenters. The molecule has 0 aromatic heterocycles. The van der Waals surface area contributed by atoms with Crippen LogP contribution in [0.4, 0.5) is 0 Å². The van der Waals surface area contributed by atoms with Crippen LogP contribution in [0.3, 0.4) is 0 Å². The van der Waals surface area contributed by atoms with Gasteiger partial charge in [0.05, 0.1) is 23.2 Å². The molecule has 2 amide bonds. The highest BCUT2D eigenvalue weighted by Crippen LogP contribution is 2.17. The highest BCUT2D eigenvalue weighted by atomic mass is 35.5. The second-order valence-corrected chi connectivity index (χ2v) is 5.85. The van der Waals surface area contributed by atoms with E-state index in [9.17, 15) is 9.59 Å². The van der Waals surface area contributed by atoms with E-state index in [1.165, 1.54) is 0 Å². The molecule has 0 radical (unpaired) electrons. The molecule has 2 rings (SSSR count). The van der Waals surface area contributed by atoms with Crippen LogP contribution in [0.1, 0.15) is 28.9 Å². The monoisotopic (exact) mass is 350 g/mol. The number of carbonyl (C=O) groups is 2. The third kappa shape index (κ3) is 4.98. The molecule has 4 nitrogen and oxygen atoms in total. The zero-order valence-corrected chi connectivity index (χ0v) is 14.0. The molecule has 0 heterocycles. The van der Waals surface area contributed by atoms with E-state index in [1.807, 2.05) is 19.1 Å². The summed E-state index contributed by atoms with van der Waals surface area (Å²) in [6, 6.07) is 13.7. The molecule has 0 aliphatic rings. The second kappa shape index (κ2) is 7.99. The lowest BCUT2D eigenvalue weighted by Crippen LogP contribution is -2.38. The van der Waals surface area contributed by atoms with Gasteiger partial charge in [-0.25, -0.2) is 0 Å². The van der Waals surface area contributed by atoms with Gasteiger partial charge in [-0.05, 0) is 36.8 Å². The Morgan fingerprint density at radius 1 is 1.09 bits per heavy atom. The molecule has 0 aliphatic carbocycles. The Kier molecular flexibility index (Phi) is 6.02. The van der Waals surface area contributed by atoms with Crippen LogP contribution in [0, 0.1) is 0 Å². The van der Waals surface area contributed by atoms with E-state index in [0.29, 0.717) is 15.6 Å². The molecule has 0 saturated carbocycles. The topological polar surface area (TPSA) is 58.2 Å². The van der Waals surface area contributed by atoms with Crippen molar-refractivity contribution in [3.05, 3.63) is 69.7 Å². The van der Waals surface area contributed by atoms with Crippen LogP contribution < -0.4 is 10.6 Å². The minimum absolute atomic E-state index is 0.130. The summed E-state index contributed by atoms with van der Waals surface area (Å²) in [6.07, 6.45) is 0. The molecule has 0 saturated heterocycles. The van der Waals surface area contributed by atoms with Gasteiger partial charge in [0.2, 0.25) is 5.91 Å². The third-order valence-corrected chi connectivity index (χ3v) is 3.82. The van der Waals surface area contributed by atoms with Crippen molar-refractivity contribution in [2.24, 2.45) is 0 Å². The Morgan fingerprint density at radius 2 is 1.83 bits per heavy atom. The minimum Gasteiger partial charge on any atom is -0.348 e. The zero-order valence-electron chi connectivity index (χ0n) is 12.5. The summed E-state index contributed by atoms with van der Waals surface area (Å²) < 4.78 is 0. The summed E-state index contributed by atoms with van der Waals surface area (Å²) >= 11 is 11.9. The maximum atomic E-state index is 12.0. The van der Waals surface area contributed by atoms with Gasteiger partial charge in [-0.15, -0.1) is 0 Å². The van der Waals surface area contributed by atoms with Crippen molar-refractivity contribution in [1.29, 1.82) is 0 Å². The van der Waals surface area contributed by atoms with Crippen LogP contribution in [0.2, 0.25) is 10.0 Å². The van der Waals surface area contributed by atoms with Gasteiger partial charge in [-0.1, -0.05) is 47.5 Å². The summed E-state index contributed by atoms with van der Waals surface area (Å²) in [5.74, 6) is -0.681. The van der Waals surface area contributed by atoms with E-state index in [1.54, 1.807) is 36.4 Å². The van der Waals surface area contributed by atoms with E-state index in [0.717, 1.165) is 5.56 Å². The number of halogens is 2. The van der Waals surface area contributed by atoms with Crippen LogP contribution in [0.25, 0.3) is 0 Å². The first kappa shape index (κ1) is 17.3. The number of nitrogens with one attached hydrogen (secondary N) is 2. The molecule has 2 aromatic carbocycles. The van der Waals surface area contributed by atoms with Crippen LogP contribution in [-0.2, 0) is 4.79 Å². The Hall–Kier alpha value is -2.04. The maximum absolute atomic E-state index is 12.0. The van der Waals surface area contributed by atoms with E-state index < -0.39 is 0 Å². The molecular weight excluding hydrogens is 335 g/mol. The zero-order chi connectivity index (χ0) is 16.8. The average Bonchev–Trinajstić information content (AvgIpc) is 2.53. The number of rotatable bonds is 5. The van der Waals surface area contributed by atoms with Crippen LogP contribution in [0.5, 0.6) is 0 Å². The minimum atomic E-state index is -0.388. The van der Waals surface area contributed by atoms with Crippen molar-refractivity contribution >= 4 is 35.0 Å². The van der Waals surface area contributed by atoms with Gasteiger partial charge in [0.1, 0.15) is 0 Å². The highest BCUT2D eigenvalue weighted by Gasteiger charge is 2.13. The van der Waals surface area contributed by atoms with Crippen molar-refractivity contribution in [2.75, 3.05) is 6.54 Å². The molecule has 0 spiro atoms. The molecule has 23 heavy (non-hydrogen) atoms. The molecule has 0 bridgehead atoms. The van der Waals surface area contributed by atoms with Crippen molar-refractivity contribution in [1.82, 2.24) is 10.6 Å². The summed E-state index contributed by atoms with van der Waals surface area (Å²) in [7, 11) is 0. The third-order valence-electron chi connectivity index (χ3n) is 3.25. The van der Waals surface area contributed by atoms with E-state index >= 15 is 0 Å². The molecule has 2 N–H and O–H groups in total. The van der Waals surface area contributed by atoms with Gasteiger partial charge in [0.15, 0.2) is 0 Å². The van der Waals surface area contributed by atoms with Crippen molar-refractivity contribution in [3.63, 3.8) is 0 Å². The lowest BCUT2D eigenvalue weighted by molar-refractivity contribution is -0.120. The molecule has 0 fully saturated rings. The first-order valence-electron chi connectivity index (χ1n) is 7.05. The Morgan fingerprint density at radius 3 is 2.52 bits per heavy atom. The Balaban J connectivity index is 1.88. The predicted octanol–water partition coefficient (Wildman–Crippen LogP) is 3.60. The van der Waals surface area contributed by atoms with E-state index in [4.69, 9.17) is 23.2 Å². The fourth-order valence-electron chi connectivity index (χ4n) is 2.05. The van der Waals surface area contributed by atoms with Gasteiger partial charge >= 0.3 is 0 Å². The summed E-state index contributed by atoms with van der Waals surface area (Å²) in [5.41, 5.74) is 1.23. The van der Waals surface area contributed by atoms with Gasteiger partial charge < -0.3 is 10.6 Å². The fraction of sp³-hybridized carbons (Fsp3) is 0.176. The van der Waals surface area contributed by atoms with Crippen LogP contribution in [-0.4, -0.2) is 18.4 Å². The van der Waals surface area contributed by atoms with Gasteiger partial charge in [-0.3, -0.25) is 9.59 Å². The Bertz CT molecular complexity index is 719. The lowest BCUT2D eigenvalue weighted by Gasteiger charge is -2.15. The van der Waals surface area contributed by atoms with E-state index in [-0.39, 0.29) is 24.4 Å². The van der Waals surface area contributed by atoms with Crippen molar-refractivity contribution < 1.29 is 9.59 Å². The smallest absolute Gasteiger partial charge is 0.253 e. The molecule has 2 aromatic rings. The standard InChI is InChI=1S/C17H16Cl2N2O2/c1-11(12-5-4-6-13(18)9-12)21-16(22)10-20-17(23)14-7-2-3-8-15(14)19/h2-9,11H,10H2,1H3,(H,20,23)(H,21,22). The van der Waals surface area contributed by atoms with Gasteiger partial charge in [-0.2, -0.15) is 0 Å².